The first-order valence-corrected chi connectivity index (χ1v) is 24.9. The fraction of sp³-hybridized carbons (Fsp3) is 0.159. The maximum Gasteiger partial charge on any atom is 0.0159 e. The van der Waals surface area contributed by atoms with Crippen LogP contribution in [-0.4, -0.2) is 0 Å². The van der Waals surface area contributed by atoms with Gasteiger partial charge in [-0.25, -0.2) is 0 Å². The zero-order valence-electron chi connectivity index (χ0n) is 40.5. The van der Waals surface area contributed by atoms with E-state index in [9.17, 15) is 0 Å². The van der Waals surface area contributed by atoms with Crippen LogP contribution >= 0.6 is 0 Å². The third kappa shape index (κ3) is 5.25. The molecule has 5 aliphatic rings. The Bertz CT molecular complexity index is 3990. The summed E-state index contributed by atoms with van der Waals surface area (Å²) in [4.78, 5) is 0. The van der Waals surface area contributed by atoms with E-state index in [1.165, 1.54) is 155 Å². The average molecular weight is 883 g/mol. The minimum atomic E-state index is -0.229. The SMILES string of the molecule is C=CC1=C(C=C)C(C)(C)c2cc(-c3c4ccc(-c5cc6c7c8c(cccc58)CC=C7CC=C6)cc4c(-c4ccc5c(c4)C(C)(C)c4ccccc4-5)c4cc5c(cc34)-c3ccccc3C5(C)C)ccc21. The van der Waals surface area contributed by atoms with Crippen molar-refractivity contribution in [1.82, 2.24) is 0 Å². The summed E-state index contributed by atoms with van der Waals surface area (Å²) in [6.07, 6.45) is 13.2. The lowest BCUT2D eigenvalue weighted by Crippen LogP contribution is -2.16. The molecule has 14 rings (SSSR count). The van der Waals surface area contributed by atoms with Gasteiger partial charge in [-0.1, -0.05) is 188 Å². The van der Waals surface area contributed by atoms with E-state index in [4.69, 9.17) is 0 Å². The first kappa shape index (κ1) is 40.5. The molecule has 69 heavy (non-hydrogen) atoms. The van der Waals surface area contributed by atoms with Crippen molar-refractivity contribution in [2.75, 3.05) is 0 Å². The second kappa shape index (κ2) is 13.8. The van der Waals surface area contributed by atoms with Gasteiger partial charge >= 0.3 is 0 Å². The molecule has 0 saturated heterocycles. The molecule has 0 bridgehead atoms. The van der Waals surface area contributed by atoms with E-state index in [0.717, 1.165) is 12.8 Å². The molecule has 0 amide bonds. The van der Waals surface area contributed by atoms with Gasteiger partial charge in [-0.3, -0.25) is 0 Å². The van der Waals surface area contributed by atoms with E-state index in [1.807, 2.05) is 12.2 Å². The molecule has 0 N–H and O–H groups in total. The summed E-state index contributed by atoms with van der Waals surface area (Å²) in [6, 6.07) is 54.8. The van der Waals surface area contributed by atoms with Gasteiger partial charge in [0.1, 0.15) is 0 Å². The summed E-state index contributed by atoms with van der Waals surface area (Å²) in [5.41, 5.74) is 28.6. The minimum Gasteiger partial charge on any atom is -0.0987 e. The van der Waals surface area contributed by atoms with Crippen molar-refractivity contribution in [3.05, 3.63) is 233 Å². The van der Waals surface area contributed by atoms with Gasteiger partial charge in [0, 0.05) is 16.2 Å². The highest BCUT2D eigenvalue weighted by Crippen LogP contribution is 2.57. The lowest BCUT2D eigenvalue weighted by atomic mass is 9.77. The number of hydrogen-bond donors (Lipinski definition) is 0. The van der Waals surface area contributed by atoms with Crippen LogP contribution in [0.4, 0.5) is 0 Å². The zero-order valence-corrected chi connectivity index (χ0v) is 40.5. The molecule has 0 aliphatic heterocycles. The Kier molecular flexibility index (Phi) is 8.10. The van der Waals surface area contributed by atoms with Crippen molar-refractivity contribution in [3.8, 4) is 55.6 Å². The van der Waals surface area contributed by atoms with Crippen LogP contribution in [0.3, 0.4) is 0 Å². The number of allylic oxidation sites excluding steroid dienone is 7. The Morgan fingerprint density at radius 1 is 0.420 bits per heavy atom. The molecule has 0 radical (unpaired) electrons. The zero-order chi connectivity index (χ0) is 46.9. The minimum absolute atomic E-state index is 0.144. The van der Waals surface area contributed by atoms with Gasteiger partial charge in [0.2, 0.25) is 0 Å². The van der Waals surface area contributed by atoms with Gasteiger partial charge in [-0.15, -0.1) is 0 Å². The lowest BCUT2D eigenvalue weighted by Gasteiger charge is -2.26. The maximum absolute atomic E-state index is 4.30. The predicted octanol–water partition coefficient (Wildman–Crippen LogP) is 18.5. The van der Waals surface area contributed by atoms with Crippen molar-refractivity contribution in [2.24, 2.45) is 0 Å². The van der Waals surface area contributed by atoms with Crippen molar-refractivity contribution in [2.45, 2.75) is 70.6 Å². The highest BCUT2D eigenvalue weighted by molar-refractivity contribution is 6.24. The molecule has 0 nitrogen and oxygen atoms in total. The fourth-order valence-electron chi connectivity index (χ4n) is 14.0. The second-order valence-corrected chi connectivity index (χ2v) is 21.9. The van der Waals surface area contributed by atoms with Gasteiger partial charge in [0.05, 0.1) is 0 Å². The molecule has 5 aliphatic carbocycles. The van der Waals surface area contributed by atoms with Crippen LogP contribution in [0.15, 0.2) is 183 Å². The largest absolute Gasteiger partial charge is 0.0987 e. The molecule has 9 aromatic rings. The summed E-state index contributed by atoms with van der Waals surface area (Å²) in [5.74, 6) is 0. The molecule has 9 aromatic carbocycles. The Balaban J connectivity index is 1.13. The molecule has 0 heteroatoms. The highest BCUT2D eigenvalue weighted by Gasteiger charge is 2.39. The average Bonchev–Trinajstić information content (AvgIpc) is 3.84. The topological polar surface area (TPSA) is 0 Å². The molecule has 0 fully saturated rings. The molecule has 0 aromatic heterocycles. The maximum atomic E-state index is 4.30. The van der Waals surface area contributed by atoms with Gasteiger partial charge in [0.25, 0.3) is 0 Å². The number of fused-ring (bicyclic) bond motifs is 9. The van der Waals surface area contributed by atoms with Gasteiger partial charge in [0.15, 0.2) is 0 Å². The summed E-state index contributed by atoms with van der Waals surface area (Å²) in [5, 5.41) is 7.89. The third-order valence-corrected chi connectivity index (χ3v) is 17.4. The van der Waals surface area contributed by atoms with Crippen LogP contribution in [0.1, 0.15) is 98.0 Å². The van der Waals surface area contributed by atoms with Crippen LogP contribution in [0, 0.1) is 0 Å². The fourth-order valence-corrected chi connectivity index (χ4v) is 14.0. The standard InChI is InChI=1S/C69H54/c1-9-45-48-30-28-43(35-60(48)67(3,4)57(45)10-2)64-51-32-27-41(52-34-42-19-15-17-39-25-26-40-18-16-22-50(52)66(40)63(39)42)33-54(51)65(44-29-31-49-46-20-11-13-23-58(46)68(5,6)61(49)36-44)56-38-62-53(37-55(56)64)47-21-12-14-24-59(47)69(62,7)8/h9-16,18-25,27-38H,1-2,17,26H2,3-8H3. The third-order valence-electron chi connectivity index (χ3n) is 17.4. The van der Waals surface area contributed by atoms with Crippen molar-refractivity contribution >= 4 is 49.5 Å². The molecular formula is C69H54. The summed E-state index contributed by atoms with van der Waals surface area (Å²) < 4.78 is 0. The van der Waals surface area contributed by atoms with E-state index >= 15 is 0 Å². The first-order chi connectivity index (χ1) is 33.4. The number of hydrogen-bond acceptors (Lipinski definition) is 0. The monoisotopic (exact) mass is 882 g/mol. The van der Waals surface area contributed by atoms with Crippen molar-refractivity contribution in [3.63, 3.8) is 0 Å². The van der Waals surface area contributed by atoms with Crippen LogP contribution < -0.4 is 0 Å². The van der Waals surface area contributed by atoms with Crippen LogP contribution in [0.2, 0.25) is 0 Å². The molecule has 0 heterocycles. The lowest BCUT2D eigenvalue weighted by molar-refractivity contribution is 0.655. The Hall–Kier alpha value is -7.54. The molecule has 0 saturated carbocycles. The predicted molar refractivity (Wildman–Crippen MR) is 296 cm³/mol. The smallest absolute Gasteiger partial charge is 0.0159 e. The quantitative estimate of drug-likeness (QED) is 0.151. The van der Waals surface area contributed by atoms with E-state index in [0.29, 0.717) is 0 Å². The van der Waals surface area contributed by atoms with E-state index in [2.05, 4.69) is 212 Å². The molecule has 0 spiro atoms. The highest BCUT2D eigenvalue weighted by atomic mass is 14.4. The molecule has 0 atom stereocenters. The Morgan fingerprint density at radius 3 is 1.75 bits per heavy atom. The van der Waals surface area contributed by atoms with E-state index < -0.39 is 0 Å². The van der Waals surface area contributed by atoms with Crippen molar-refractivity contribution in [1.29, 1.82) is 0 Å². The summed E-state index contributed by atoms with van der Waals surface area (Å²) in [6.45, 7) is 22.9. The second-order valence-electron chi connectivity index (χ2n) is 21.9. The Morgan fingerprint density at radius 2 is 1.03 bits per heavy atom. The van der Waals surface area contributed by atoms with Crippen LogP contribution in [0.25, 0.3) is 105 Å². The molecular weight excluding hydrogens is 829 g/mol. The van der Waals surface area contributed by atoms with E-state index in [-0.39, 0.29) is 16.2 Å². The number of rotatable bonds is 5. The van der Waals surface area contributed by atoms with Gasteiger partial charge in [-0.05, 0) is 204 Å². The van der Waals surface area contributed by atoms with Gasteiger partial charge in [-0.2, -0.15) is 0 Å². The molecule has 330 valence electrons. The van der Waals surface area contributed by atoms with Crippen LogP contribution in [-0.2, 0) is 22.7 Å². The van der Waals surface area contributed by atoms with Crippen molar-refractivity contribution < 1.29 is 0 Å². The van der Waals surface area contributed by atoms with E-state index in [1.54, 1.807) is 0 Å². The van der Waals surface area contributed by atoms with Gasteiger partial charge < -0.3 is 0 Å². The summed E-state index contributed by atoms with van der Waals surface area (Å²) in [7, 11) is 0. The normalized spacial score (nSPS) is 16.9. The Labute approximate surface area is 406 Å². The summed E-state index contributed by atoms with van der Waals surface area (Å²) >= 11 is 0. The first-order valence-electron chi connectivity index (χ1n) is 24.9. The molecule has 0 unspecified atom stereocenters. The number of benzene rings is 9. The van der Waals surface area contributed by atoms with Crippen LogP contribution in [0.5, 0.6) is 0 Å².